The molecule has 31 heavy (non-hydrogen) atoms. The average molecular weight is 429 g/mol. The topological polar surface area (TPSA) is 116 Å². The van der Waals surface area contributed by atoms with E-state index in [4.69, 9.17) is 10.5 Å². The van der Waals surface area contributed by atoms with Crippen molar-refractivity contribution in [2.45, 2.75) is 26.4 Å². The van der Waals surface area contributed by atoms with Crippen LogP contribution in [0.4, 0.5) is 15.8 Å². The molecule has 1 fully saturated rings. The second kappa shape index (κ2) is 9.11. The normalized spacial score (nSPS) is 19.5. The van der Waals surface area contributed by atoms with Crippen LogP contribution in [0.25, 0.3) is 0 Å². The highest BCUT2D eigenvalue weighted by molar-refractivity contribution is 5.94. The summed E-state index contributed by atoms with van der Waals surface area (Å²) in [5.74, 6) is -1.63. The summed E-state index contributed by atoms with van der Waals surface area (Å²) in [6.45, 7) is 5.56. The number of halogens is 1. The van der Waals surface area contributed by atoms with Crippen LogP contribution in [0, 0.1) is 27.8 Å². The van der Waals surface area contributed by atoms with Crippen molar-refractivity contribution in [2.75, 3.05) is 18.0 Å². The molecule has 0 radical (unpaired) electrons. The van der Waals surface area contributed by atoms with E-state index in [-0.39, 0.29) is 16.8 Å². The molecule has 0 saturated carbocycles. The van der Waals surface area contributed by atoms with E-state index in [1.165, 1.54) is 24.3 Å². The standard InChI is InChI=1S/C22H24FN3O5/c1-13-9-14(2)12-25(11-13)18-8-5-16(10-19(18)26(29)30)22(28)31-20(21(24)27)15-3-6-17(23)7-4-15/h3-8,10,13-14,20H,9,11-12H2,1-2H3,(H2,24,27). The number of carbonyl (C=O) groups is 2. The summed E-state index contributed by atoms with van der Waals surface area (Å²) in [7, 11) is 0. The van der Waals surface area contributed by atoms with Gasteiger partial charge in [-0.25, -0.2) is 9.18 Å². The molecule has 0 spiro atoms. The minimum absolute atomic E-state index is 0.0816. The quantitative estimate of drug-likeness (QED) is 0.426. The largest absolute Gasteiger partial charge is 0.444 e. The second-order valence-corrected chi connectivity index (χ2v) is 8.05. The molecule has 3 rings (SSSR count). The molecule has 1 aliphatic heterocycles. The third kappa shape index (κ3) is 5.17. The molecule has 2 aromatic carbocycles. The minimum atomic E-state index is -1.45. The Labute approximate surface area is 178 Å². The maximum atomic E-state index is 13.1. The summed E-state index contributed by atoms with van der Waals surface area (Å²) in [6, 6.07) is 8.88. The smallest absolute Gasteiger partial charge is 0.339 e. The van der Waals surface area contributed by atoms with E-state index in [1.807, 2.05) is 4.90 Å². The van der Waals surface area contributed by atoms with Crippen LogP contribution >= 0.6 is 0 Å². The first-order chi connectivity index (χ1) is 14.7. The molecule has 3 atom stereocenters. The molecule has 1 amide bonds. The number of hydrogen-bond donors (Lipinski definition) is 1. The van der Waals surface area contributed by atoms with Gasteiger partial charge in [0.05, 0.1) is 10.5 Å². The van der Waals surface area contributed by atoms with Crippen molar-refractivity contribution in [1.29, 1.82) is 0 Å². The zero-order valence-corrected chi connectivity index (χ0v) is 17.3. The highest BCUT2D eigenvalue weighted by Gasteiger charge is 2.29. The van der Waals surface area contributed by atoms with E-state index in [1.54, 1.807) is 0 Å². The monoisotopic (exact) mass is 429 g/mol. The Kier molecular flexibility index (Phi) is 6.53. The van der Waals surface area contributed by atoms with Crippen molar-refractivity contribution >= 4 is 23.3 Å². The van der Waals surface area contributed by atoms with Gasteiger partial charge in [0, 0.05) is 24.7 Å². The van der Waals surface area contributed by atoms with Gasteiger partial charge in [-0.2, -0.15) is 0 Å². The summed E-state index contributed by atoms with van der Waals surface area (Å²) in [5, 5.41) is 11.7. The summed E-state index contributed by atoms with van der Waals surface area (Å²) >= 11 is 0. The van der Waals surface area contributed by atoms with E-state index >= 15 is 0 Å². The number of benzene rings is 2. The van der Waals surface area contributed by atoms with Crippen molar-refractivity contribution in [3.05, 3.63) is 69.5 Å². The lowest BCUT2D eigenvalue weighted by Crippen LogP contribution is -2.39. The van der Waals surface area contributed by atoms with Gasteiger partial charge in [0.1, 0.15) is 11.5 Å². The summed E-state index contributed by atoms with van der Waals surface area (Å²) in [4.78, 5) is 37.5. The van der Waals surface area contributed by atoms with Crippen LogP contribution in [0.1, 0.15) is 42.3 Å². The van der Waals surface area contributed by atoms with Crippen LogP contribution in [-0.2, 0) is 9.53 Å². The van der Waals surface area contributed by atoms with Gasteiger partial charge in [0.15, 0.2) is 0 Å². The van der Waals surface area contributed by atoms with E-state index in [2.05, 4.69) is 13.8 Å². The fourth-order valence-electron chi connectivity index (χ4n) is 4.03. The first-order valence-electron chi connectivity index (χ1n) is 9.94. The van der Waals surface area contributed by atoms with Crippen molar-refractivity contribution in [3.8, 4) is 0 Å². The zero-order chi connectivity index (χ0) is 22.7. The van der Waals surface area contributed by atoms with Crippen LogP contribution in [0.5, 0.6) is 0 Å². The Bertz CT molecular complexity index is 985. The number of hydrogen-bond acceptors (Lipinski definition) is 6. The Morgan fingerprint density at radius 3 is 2.32 bits per heavy atom. The highest BCUT2D eigenvalue weighted by atomic mass is 19.1. The lowest BCUT2D eigenvalue weighted by atomic mass is 9.91. The molecule has 0 bridgehead atoms. The number of nitro groups is 1. The Morgan fingerprint density at radius 1 is 1.16 bits per heavy atom. The van der Waals surface area contributed by atoms with Crippen LogP contribution in [0.3, 0.4) is 0 Å². The van der Waals surface area contributed by atoms with E-state index in [0.717, 1.165) is 24.6 Å². The molecule has 3 unspecified atom stereocenters. The molecule has 164 valence electrons. The molecule has 2 N–H and O–H groups in total. The van der Waals surface area contributed by atoms with Gasteiger partial charge >= 0.3 is 5.97 Å². The van der Waals surface area contributed by atoms with Crippen molar-refractivity contribution in [2.24, 2.45) is 17.6 Å². The molecule has 0 aromatic heterocycles. The maximum Gasteiger partial charge on any atom is 0.339 e. The van der Waals surface area contributed by atoms with Gasteiger partial charge in [0.2, 0.25) is 6.10 Å². The number of piperidine rings is 1. The fraction of sp³-hybridized carbons (Fsp3) is 0.364. The molecule has 8 nitrogen and oxygen atoms in total. The molecule has 0 aliphatic carbocycles. The number of nitro benzene ring substituents is 1. The molecular formula is C22H24FN3O5. The van der Waals surface area contributed by atoms with Gasteiger partial charge in [-0.15, -0.1) is 0 Å². The zero-order valence-electron chi connectivity index (χ0n) is 17.3. The van der Waals surface area contributed by atoms with E-state index < -0.39 is 28.7 Å². The summed E-state index contributed by atoms with van der Waals surface area (Å²) in [5.41, 5.74) is 5.67. The molecule has 1 aliphatic rings. The van der Waals surface area contributed by atoms with Crippen LogP contribution in [0.15, 0.2) is 42.5 Å². The number of nitrogens with two attached hydrogens (primary N) is 1. The Hall–Kier alpha value is -3.49. The number of amides is 1. The predicted molar refractivity (Wildman–Crippen MR) is 112 cm³/mol. The molecular weight excluding hydrogens is 405 g/mol. The van der Waals surface area contributed by atoms with Gasteiger partial charge in [-0.05, 0) is 42.5 Å². The van der Waals surface area contributed by atoms with Gasteiger partial charge in [-0.1, -0.05) is 26.0 Å². The maximum absolute atomic E-state index is 13.1. The third-order valence-corrected chi connectivity index (χ3v) is 5.27. The lowest BCUT2D eigenvalue weighted by molar-refractivity contribution is -0.384. The SMILES string of the molecule is CC1CC(C)CN(c2ccc(C(=O)OC(C(N)=O)c3ccc(F)cc3)cc2[N+](=O)[O-])C1. The first-order valence-corrected chi connectivity index (χ1v) is 9.94. The third-order valence-electron chi connectivity index (χ3n) is 5.27. The van der Waals surface area contributed by atoms with Crippen LogP contribution in [0.2, 0.25) is 0 Å². The van der Waals surface area contributed by atoms with Crippen molar-refractivity contribution in [3.63, 3.8) is 0 Å². The summed E-state index contributed by atoms with van der Waals surface area (Å²) < 4.78 is 18.4. The number of nitrogens with zero attached hydrogens (tertiary/aromatic N) is 2. The van der Waals surface area contributed by atoms with Crippen molar-refractivity contribution in [1.82, 2.24) is 0 Å². The van der Waals surface area contributed by atoms with E-state index in [9.17, 15) is 24.1 Å². The summed E-state index contributed by atoms with van der Waals surface area (Å²) in [6.07, 6.45) is -0.400. The highest BCUT2D eigenvalue weighted by Crippen LogP contribution is 2.34. The average Bonchev–Trinajstić information content (AvgIpc) is 2.71. The van der Waals surface area contributed by atoms with Gasteiger partial charge in [0.25, 0.3) is 11.6 Å². The van der Waals surface area contributed by atoms with Gasteiger partial charge in [-0.3, -0.25) is 14.9 Å². The van der Waals surface area contributed by atoms with E-state index in [0.29, 0.717) is 30.6 Å². The predicted octanol–water partition coefficient (Wildman–Crippen LogP) is 3.60. The molecule has 2 aromatic rings. The number of esters is 1. The van der Waals surface area contributed by atoms with Crippen LogP contribution < -0.4 is 10.6 Å². The molecule has 1 heterocycles. The fourth-order valence-corrected chi connectivity index (χ4v) is 4.03. The number of rotatable bonds is 6. The number of carbonyl (C=O) groups excluding carboxylic acids is 2. The van der Waals surface area contributed by atoms with Crippen LogP contribution in [-0.4, -0.2) is 29.9 Å². The van der Waals surface area contributed by atoms with Gasteiger partial charge < -0.3 is 15.4 Å². The van der Waals surface area contributed by atoms with Crippen molar-refractivity contribution < 1.29 is 23.6 Å². The second-order valence-electron chi connectivity index (χ2n) is 8.05. The number of ether oxygens (including phenoxy) is 1. The lowest BCUT2D eigenvalue weighted by Gasteiger charge is -2.36. The Morgan fingerprint density at radius 2 is 1.77 bits per heavy atom. The number of primary amides is 1. The number of anilines is 1. The molecule has 9 heteroatoms. The minimum Gasteiger partial charge on any atom is -0.444 e. The Balaban J connectivity index is 1.87. The molecule has 1 saturated heterocycles. The first kappa shape index (κ1) is 22.2.